The average molecular weight is 326 g/mol. The van der Waals surface area contributed by atoms with Crippen molar-refractivity contribution in [3.8, 4) is 0 Å². The van der Waals surface area contributed by atoms with Crippen LogP contribution in [0.5, 0.6) is 0 Å². The standard InChI is InChI=1S/C15H20BrNS/c1-3-6-11-12-7-5-8-13(16)15(12)18-14(11)10-17-9-4-2/h5,7-8,17H,3-4,6,9-10H2,1-2H3. The van der Waals surface area contributed by atoms with Gasteiger partial charge in [-0.3, -0.25) is 0 Å². The molecule has 0 spiro atoms. The van der Waals surface area contributed by atoms with E-state index in [1.165, 1.54) is 38.7 Å². The second-order valence-electron chi connectivity index (χ2n) is 4.55. The van der Waals surface area contributed by atoms with Gasteiger partial charge in [-0.15, -0.1) is 11.3 Å². The molecule has 0 aliphatic heterocycles. The summed E-state index contributed by atoms with van der Waals surface area (Å²) in [6.45, 7) is 6.57. The van der Waals surface area contributed by atoms with Gasteiger partial charge in [0.05, 0.1) is 0 Å². The van der Waals surface area contributed by atoms with E-state index in [0.717, 1.165) is 13.1 Å². The number of benzene rings is 1. The Hall–Kier alpha value is -0.380. The summed E-state index contributed by atoms with van der Waals surface area (Å²) < 4.78 is 2.62. The van der Waals surface area contributed by atoms with Crippen molar-refractivity contribution in [1.82, 2.24) is 5.32 Å². The smallest absolute Gasteiger partial charge is 0.0491 e. The Morgan fingerprint density at radius 3 is 2.78 bits per heavy atom. The Morgan fingerprint density at radius 2 is 2.06 bits per heavy atom. The van der Waals surface area contributed by atoms with Gasteiger partial charge in [-0.05, 0) is 52.3 Å². The van der Waals surface area contributed by atoms with Crippen LogP contribution in [0.1, 0.15) is 37.1 Å². The number of hydrogen-bond donors (Lipinski definition) is 1. The lowest BCUT2D eigenvalue weighted by molar-refractivity contribution is 0.677. The van der Waals surface area contributed by atoms with Gasteiger partial charge in [0.15, 0.2) is 0 Å². The number of hydrogen-bond acceptors (Lipinski definition) is 2. The molecule has 1 N–H and O–H groups in total. The van der Waals surface area contributed by atoms with Crippen molar-refractivity contribution < 1.29 is 0 Å². The molecule has 0 atom stereocenters. The van der Waals surface area contributed by atoms with Crippen molar-refractivity contribution in [3.05, 3.63) is 33.1 Å². The van der Waals surface area contributed by atoms with Crippen molar-refractivity contribution in [2.24, 2.45) is 0 Å². The lowest BCUT2D eigenvalue weighted by Gasteiger charge is -2.04. The summed E-state index contributed by atoms with van der Waals surface area (Å²) in [5.41, 5.74) is 1.54. The summed E-state index contributed by atoms with van der Waals surface area (Å²) in [4.78, 5) is 1.51. The molecule has 98 valence electrons. The van der Waals surface area contributed by atoms with Crippen LogP contribution < -0.4 is 5.32 Å². The number of nitrogens with one attached hydrogen (secondary N) is 1. The van der Waals surface area contributed by atoms with Gasteiger partial charge in [-0.25, -0.2) is 0 Å². The summed E-state index contributed by atoms with van der Waals surface area (Å²) in [5, 5.41) is 4.96. The quantitative estimate of drug-likeness (QED) is 0.727. The molecule has 18 heavy (non-hydrogen) atoms. The SMILES string of the molecule is CCCNCc1sc2c(Br)cccc2c1CCC. The molecule has 3 heteroatoms. The molecule has 0 bridgehead atoms. The Bertz CT molecular complexity index is 518. The van der Waals surface area contributed by atoms with Crippen molar-refractivity contribution in [2.75, 3.05) is 6.54 Å². The molecule has 0 saturated heterocycles. The summed E-state index contributed by atoms with van der Waals surface area (Å²) >= 11 is 5.60. The Kier molecular flexibility index (Phi) is 5.22. The van der Waals surface area contributed by atoms with Crippen molar-refractivity contribution >= 4 is 37.4 Å². The monoisotopic (exact) mass is 325 g/mol. The molecule has 0 amide bonds. The molecule has 0 aliphatic rings. The minimum absolute atomic E-state index is 1.01. The maximum atomic E-state index is 3.67. The topological polar surface area (TPSA) is 12.0 Å². The van der Waals surface area contributed by atoms with E-state index in [2.05, 4.69) is 53.3 Å². The molecular weight excluding hydrogens is 306 g/mol. The average Bonchev–Trinajstić information content (AvgIpc) is 2.71. The fraction of sp³-hybridized carbons (Fsp3) is 0.467. The van der Waals surface area contributed by atoms with Gasteiger partial charge in [-0.1, -0.05) is 32.4 Å². The first kappa shape index (κ1) is 14.0. The van der Waals surface area contributed by atoms with Crippen LogP contribution in [0.3, 0.4) is 0 Å². The molecule has 0 radical (unpaired) electrons. The van der Waals surface area contributed by atoms with E-state index in [1.807, 2.05) is 11.3 Å². The van der Waals surface area contributed by atoms with E-state index >= 15 is 0 Å². The minimum atomic E-state index is 1.01. The van der Waals surface area contributed by atoms with Crippen LogP contribution in [0.15, 0.2) is 22.7 Å². The highest BCUT2D eigenvalue weighted by Crippen LogP contribution is 2.36. The lowest BCUT2D eigenvalue weighted by atomic mass is 10.1. The molecule has 0 unspecified atom stereocenters. The van der Waals surface area contributed by atoms with E-state index < -0.39 is 0 Å². The lowest BCUT2D eigenvalue weighted by Crippen LogP contribution is -2.13. The maximum Gasteiger partial charge on any atom is 0.0491 e. The van der Waals surface area contributed by atoms with E-state index in [9.17, 15) is 0 Å². The molecule has 2 rings (SSSR count). The highest BCUT2D eigenvalue weighted by atomic mass is 79.9. The van der Waals surface area contributed by atoms with Gasteiger partial charge in [0.1, 0.15) is 0 Å². The third kappa shape index (κ3) is 2.95. The van der Waals surface area contributed by atoms with E-state index in [4.69, 9.17) is 0 Å². The van der Waals surface area contributed by atoms with Gasteiger partial charge < -0.3 is 5.32 Å². The first-order chi connectivity index (χ1) is 8.77. The molecule has 1 heterocycles. The molecule has 1 aromatic carbocycles. The zero-order chi connectivity index (χ0) is 13.0. The Balaban J connectivity index is 2.37. The summed E-state index contributed by atoms with van der Waals surface area (Å²) in [6.07, 6.45) is 3.58. The van der Waals surface area contributed by atoms with Crippen LogP contribution >= 0.6 is 27.3 Å². The normalized spacial score (nSPS) is 11.3. The van der Waals surface area contributed by atoms with Gasteiger partial charge in [-0.2, -0.15) is 0 Å². The van der Waals surface area contributed by atoms with E-state index in [-0.39, 0.29) is 0 Å². The number of fused-ring (bicyclic) bond motifs is 1. The zero-order valence-corrected chi connectivity index (χ0v) is 13.5. The summed E-state index contributed by atoms with van der Waals surface area (Å²) in [7, 11) is 0. The van der Waals surface area contributed by atoms with Gasteiger partial charge in [0.25, 0.3) is 0 Å². The van der Waals surface area contributed by atoms with Crippen molar-refractivity contribution in [2.45, 2.75) is 39.7 Å². The number of thiophene rings is 1. The zero-order valence-electron chi connectivity index (χ0n) is 11.1. The molecular formula is C15H20BrNS. The van der Waals surface area contributed by atoms with Crippen molar-refractivity contribution in [3.63, 3.8) is 0 Å². The molecule has 0 aliphatic carbocycles. The third-order valence-electron chi connectivity index (χ3n) is 3.07. The first-order valence-corrected chi connectivity index (χ1v) is 8.28. The summed E-state index contributed by atoms with van der Waals surface area (Å²) in [5.74, 6) is 0. The van der Waals surface area contributed by atoms with Gasteiger partial charge >= 0.3 is 0 Å². The van der Waals surface area contributed by atoms with E-state index in [1.54, 1.807) is 5.56 Å². The van der Waals surface area contributed by atoms with E-state index in [0.29, 0.717) is 0 Å². The summed E-state index contributed by atoms with van der Waals surface area (Å²) in [6, 6.07) is 6.53. The van der Waals surface area contributed by atoms with Gasteiger partial charge in [0, 0.05) is 20.6 Å². The van der Waals surface area contributed by atoms with Crippen molar-refractivity contribution in [1.29, 1.82) is 0 Å². The first-order valence-electron chi connectivity index (χ1n) is 6.67. The molecule has 1 aromatic heterocycles. The number of halogens is 1. The van der Waals surface area contributed by atoms with Gasteiger partial charge in [0.2, 0.25) is 0 Å². The third-order valence-corrected chi connectivity index (χ3v) is 5.27. The van der Waals surface area contributed by atoms with Crippen LogP contribution in [0, 0.1) is 0 Å². The molecule has 0 saturated carbocycles. The molecule has 0 fully saturated rings. The fourth-order valence-corrected chi connectivity index (χ4v) is 4.06. The largest absolute Gasteiger partial charge is 0.312 e. The fourth-order valence-electron chi connectivity index (χ4n) is 2.23. The highest BCUT2D eigenvalue weighted by Gasteiger charge is 2.12. The minimum Gasteiger partial charge on any atom is -0.312 e. The van der Waals surface area contributed by atoms with Crippen LogP contribution in [-0.2, 0) is 13.0 Å². The van der Waals surface area contributed by atoms with Crippen LogP contribution in [0.2, 0.25) is 0 Å². The van der Waals surface area contributed by atoms with Crippen LogP contribution in [0.4, 0.5) is 0 Å². The highest BCUT2D eigenvalue weighted by molar-refractivity contribution is 9.10. The maximum absolute atomic E-state index is 3.67. The Labute approximate surface area is 122 Å². The molecule has 2 aromatic rings. The van der Waals surface area contributed by atoms with Crippen LogP contribution in [-0.4, -0.2) is 6.54 Å². The number of rotatable bonds is 6. The second kappa shape index (κ2) is 6.69. The second-order valence-corrected chi connectivity index (χ2v) is 6.51. The predicted octanol–water partition coefficient (Wildman–Crippen LogP) is 5.12. The predicted molar refractivity (Wildman–Crippen MR) is 85.5 cm³/mol. The molecule has 1 nitrogen and oxygen atoms in total. The Morgan fingerprint density at radius 1 is 1.22 bits per heavy atom. The number of aryl methyl sites for hydroxylation is 1. The van der Waals surface area contributed by atoms with Crippen LogP contribution in [0.25, 0.3) is 10.1 Å².